The summed E-state index contributed by atoms with van der Waals surface area (Å²) in [5, 5.41) is 3.54. The first-order chi connectivity index (χ1) is 9.13. The molecule has 1 saturated carbocycles. The lowest BCUT2D eigenvalue weighted by molar-refractivity contribution is 0.210. The van der Waals surface area contributed by atoms with Crippen molar-refractivity contribution in [2.45, 2.75) is 65.0 Å². The van der Waals surface area contributed by atoms with Gasteiger partial charge >= 0.3 is 0 Å². The molecule has 106 valence electrons. The van der Waals surface area contributed by atoms with Gasteiger partial charge in [0.05, 0.1) is 6.10 Å². The van der Waals surface area contributed by atoms with E-state index in [1.165, 1.54) is 37.8 Å². The minimum Gasteiger partial charge on any atom is -0.490 e. The molecule has 2 heteroatoms. The average Bonchev–Trinajstić information content (AvgIpc) is 2.83. The third-order valence-corrected chi connectivity index (χ3v) is 3.70. The van der Waals surface area contributed by atoms with Gasteiger partial charge in [0, 0.05) is 11.7 Å². The van der Waals surface area contributed by atoms with Crippen LogP contribution in [0.4, 0.5) is 5.69 Å². The molecule has 1 aliphatic rings. The molecule has 0 aromatic heterocycles. The van der Waals surface area contributed by atoms with Crippen LogP contribution in [0.25, 0.3) is 0 Å². The van der Waals surface area contributed by atoms with E-state index in [0.29, 0.717) is 12.1 Å². The van der Waals surface area contributed by atoms with Crippen LogP contribution in [0.5, 0.6) is 5.75 Å². The molecule has 2 nitrogen and oxygen atoms in total. The molecule has 0 saturated heterocycles. The highest BCUT2D eigenvalue weighted by Gasteiger charge is 2.16. The summed E-state index contributed by atoms with van der Waals surface area (Å²) < 4.78 is 5.97. The highest BCUT2D eigenvalue weighted by atomic mass is 16.5. The summed E-state index contributed by atoms with van der Waals surface area (Å²) in [5.74, 6) is 1.74. The van der Waals surface area contributed by atoms with Crippen LogP contribution in [0.1, 0.15) is 52.9 Å². The Hall–Kier alpha value is -1.18. The van der Waals surface area contributed by atoms with E-state index < -0.39 is 0 Å². The smallest absolute Gasteiger partial charge is 0.119 e. The second-order valence-corrected chi connectivity index (χ2v) is 6.22. The highest BCUT2D eigenvalue weighted by molar-refractivity contribution is 5.47. The highest BCUT2D eigenvalue weighted by Crippen LogP contribution is 2.25. The minimum atomic E-state index is 0.443. The van der Waals surface area contributed by atoms with Gasteiger partial charge in [0.25, 0.3) is 0 Å². The Morgan fingerprint density at radius 2 is 1.74 bits per heavy atom. The molecule has 19 heavy (non-hydrogen) atoms. The largest absolute Gasteiger partial charge is 0.490 e. The van der Waals surface area contributed by atoms with Crippen LogP contribution >= 0.6 is 0 Å². The molecule has 1 aromatic carbocycles. The number of ether oxygens (including phenoxy) is 1. The molecule has 2 rings (SSSR count). The Kier molecular flexibility index (Phi) is 5.12. The summed E-state index contributed by atoms with van der Waals surface area (Å²) in [4.78, 5) is 0. The monoisotopic (exact) mass is 261 g/mol. The molecule has 1 aliphatic carbocycles. The van der Waals surface area contributed by atoms with Crippen molar-refractivity contribution in [1.82, 2.24) is 0 Å². The molecule has 0 aliphatic heterocycles. The van der Waals surface area contributed by atoms with Crippen molar-refractivity contribution in [3.63, 3.8) is 0 Å². The lowest BCUT2D eigenvalue weighted by Crippen LogP contribution is -2.17. The SMILES string of the molecule is CC(C)CC(C)Nc1ccc(OC2CCCC2)cc1. The van der Waals surface area contributed by atoms with Crippen LogP contribution in [-0.4, -0.2) is 12.1 Å². The maximum absolute atomic E-state index is 5.97. The summed E-state index contributed by atoms with van der Waals surface area (Å²) in [7, 11) is 0. The van der Waals surface area contributed by atoms with Gasteiger partial charge in [-0.15, -0.1) is 0 Å². The van der Waals surface area contributed by atoms with Crippen LogP contribution in [0, 0.1) is 5.92 Å². The number of anilines is 1. The number of hydrogen-bond donors (Lipinski definition) is 1. The Balaban J connectivity index is 1.83. The number of nitrogens with one attached hydrogen (secondary N) is 1. The third-order valence-electron chi connectivity index (χ3n) is 3.70. The maximum Gasteiger partial charge on any atom is 0.119 e. The summed E-state index contributed by atoms with van der Waals surface area (Å²) in [6.07, 6.45) is 6.70. The van der Waals surface area contributed by atoms with E-state index in [9.17, 15) is 0 Å². The van der Waals surface area contributed by atoms with Crippen molar-refractivity contribution in [2.24, 2.45) is 5.92 Å². The van der Waals surface area contributed by atoms with Gasteiger partial charge in [-0.25, -0.2) is 0 Å². The first-order valence-electron chi connectivity index (χ1n) is 7.66. The Morgan fingerprint density at radius 1 is 1.11 bits per heavy atom. The number of benzene rings is 1. The number of rotatable bonds is 6. The van der Waals surface area contributed by atoms with Crippen LogP contribution < -0.4 is 10.1 Å². The van der Waals surface area contributed by atoms with Gasteiger partial charge in [-0.1, -0.05) is 13.8 Å². The van der Waals surface area contributed by atoms with E-state index in [-0.39, 0.29) is 0 Å². The zero-order chi connectivity index (χ0) is 13.7. The van der Waals surface area contributed by atoms with Gasteiger partial charge in [0.15, 0.2) is 0 Å². The second-order valence-electron chi connectivity index (χ2n) is 6.22. The fourth-order valence-electron chi connectivity index (χ4n) is 2.88. The van der Waals surface area contributed by atoms with Crippen molar-refractivity contribution < 1.29 is 4.74 Å². The predicted molar refractivity (Wildman–Crippen MR) is 81.9 cm³/mol. The Morgan fingerprint density at radius 3 is 2.32 bits per heavy atom. The van der Waals surface area contributed by atoms with E-state index in [1.807, 2.05) is 0 Å². The van der Waals surface area contributed by atoms with Crippen molar-refractivity contribution in [3.05, 3.63) is 24.3 Å². The molecule has 0 bridgehead atoms. The van der Waals surface area contributed by atoms with Crippen molar-refractivity contribution in [1.29, 1.82) is 0 Å². The van der Waals surface area contributed by atoms with Gasteiger partial charge in [-0.2, -0.15) is 0 Å². The first kappa shape index (κ1) is 14.2. The first-order valence-corrected chi connectivity index (χ1v) is 7.66. The van der Waals surface area contributed by atoms with Gasteiger partial charge in [0.2, 0.25) is 0 Å². The van der Waals surface area contributed by atoms with Crippen molar-refractivity contribution in [3.8, 4) is 5.75 Å². The summed E-state index contributed by atoms with van der Waals surface area (Å²) >= 11 is 0. The molecule has 1 unspecified atom stereocenters. The average molecular weight is 261 g/mol. The fraction of sp³-hybridized carbons (Fsp3) is 0.647. The quantitative estimate of drug-likeness (QED) is 0.790. The summed E-state index contributed by atoms with van der Waals surface area (Å²) in [5.41, 5.74) is 1.19. The minimum absolute atomic E-state index is 0.443. The fourth-order valence-corrected chi connectivity index (χ4v) is 2.88. The molecule has 0 radical (unpaired) electrons. The Bertz CT molecular complexity index is 365. The van der Waals surface area contributed by atoms with Crippen LogP contribution in [-0.2, 0) is 0 Å². The second kappa shape index (κ2) is 6.83. The van der Waals surface area contributed by atoms with Gasteiger partial charge < -0.3 is 10.1 Å². The Labute approximate surface area is 117 Å². The van der Waals surface area contributed by atoms with E-state index >= 15 is 0 Å². The predicted octanol–water partition coefficient (Wildman–Crippen LogP) is 4.85. The zero-order valence-corrected chi connectivity index (χ0v) is 12.5. The normalized spacial score (nSPS) is 17.7. The maximum atomic E-state index is 5.97. The van der Waals surface area contributed by atoms with Crippen molar-refractivity contribution in [2.75, 3.05) is 5.32 Å². The molecule has 1 atom stereocenters. The lowest BCUT2D eigenvalue weighted by Gasteiger charge is -2.18. The zero-order valence-electron chi connectivity index (χ0n) is 12.5. The third kappa shape index (κ3) is 4.77. The van der Waals surface area contributed by atoms with Gasteiger partial charge in [-0.05, 0) is 69.2 Å². The molecule has 0 amide bonds. The summed E-state index contributed by atoms with van der Waals surface area (Å²) in [6.45, 7) is 6.76. The molecule has 1 fully saturated rings. The van der Waals surface area contributed by atoms with E-state index in [1.54, 1.807) is 0 Å². The topological polar surface area (TPSA) is 21.3 Å². The van der Waals surface area contributed by atoms with Crippen LogP contribution in [0.2, 0.25) is 0 Å². The molecule has 1 N–H and O–H groups in total. The van der Waals surface area contributed by atoms with Gasteiger partial charge in [-0.3, -0.25) is 0 Å². The van der Waals surface area contributed by atoms with Gasteiger partial charge in [0.1, 0.15) is 5.75 Å². The van der Waals surface area contributed by atoms with Crippen LogP contribution in [0.15, 0.2) is 24.3 Å². The molecule has 0 spiro atoms. The molecular formula is C17H27NO. The van der Waals surface area contributed by atoms with Crippen LogP contribution in [0.3, 0.4) is 0 Å². The summed E-state index contributed by atoms with van der Waals surface area (Å²) in [6, 6.07) is 8.94. The molecular weight excluding hydrogens is 234 g/mol. The lowest BCUT2D eigenvalue weighted by atomic mass is 10.1. The van der Waals surface area contributed by atoms with E-state index in [4.69, 9.17) is 4.74 Å². The standard InChI is InChI=1S/C17H27NO/c1-13(2)12-14(3)18-15-8-10-17(11-9-15)19-16-6-4-5-7-16/h8-11,13-14,16,18H,4-7,12H2,1-3H3. The van der Waals surface area contributed by atoms with E-state index in [2.05, 4.69) is 50.4 Å². The van der Waals surface area contributed by atoms with Crippen molar-refractivity contribution >= 4 is 5.69 Å². The van der Waals surface area contributed by atoms with E-state index in [0.717, 1.165) is 11.7 Å². The molecule has 1 aromatic rings. The molecule has 0 heterocycles. The number of hydrogen-bond acceptors (Lipinski definition) is 2.